The predicted molar refractivity (Wildman–Crippen MR) is 97.0 cm³/mol. The summed E-state index contributed by atoms with van der Waals surface area (Å²) in [6.07, 6.45) is 6.86. The summed E-state index contributed by atoms with van der Waals surface area (Å²) >= 11 is 0. The van der Waals surface area contributed by atoms with Crippen molar-refractivity contribution < 1.29 is 9.53 Å². The van der Waals surface area contributed by atoms with Crippen molar-refractivity contribution in [1.82, 2.24) is 24.6 Å². The summed E-state index contributed by atoms with van der Waals surface area (Å²) in [6, 6.07) is 5.74. The molecule has 26 heavy (non-hydrogen) atoms. The van der Waals surface area contributed by atoms with Crippen molar-refractivity contribution in [3.63, 3.8) is 0 Å². The van der Waals surface area contributed by atoms with Crippen LogP contribution < -0.4 is 4.74 Å². The van der Waals surface area contributed by atoms with Crippen LogP contribution in [-0.2, 0) is 13.1 Å². The molecule has 0 aromatic carbocycles. The summed E-state index contributed by atoms with van der Waals surface area (Å²) in [6.45, 7) is 4.57. The number of methoxy groups -OCH3 is 1. The average molecular weight is 355 g/mol. The molecule has 1 fully saturated rings. The third-order valence-corrected chi connectivity index (χ3v) is 5.38. The number of hydrogen-bond acceptors (Lipinski definition) is 5. The number of ether oxygens (including phenoxy) is 1. The smallest absolute Gasteiger partial charge is 0.259 e. The maximum Gasteiger partial charge on any atom is 0.259 e. The van der Waals surface area contributed by atoms with Crippen LogP contribution in [0.25, 0.3) is 0 Å². The number of carbonyl (C=O) groups is 1. The first kappa shape index (κ1) is 17.0. The molecule has 0 spiro atoms. The van der Waals surface area contributed by atoms with E-state index in [1.165, 1.54) is 12.8 Å². The summed E-state index contributed by atoms with van der Waals surface area (Å²) in [4.78, 5) is 22.1. The Morgan fingerprint density at radius 3 is 2.88 bits per heavy atom. The standard InChI is InChI=1S/C19H25N5O2/c1-26-18-17(5-4-8-20-18)19(25)23-14-16-6-9-21-24(16)12-7-15(23)13-22-10-2-3-11-22/h4-6,8-9,15H,2-3,7,10-14H2,1H3/t15-/m1/s1. The number of carbonyl (C=O) groups excluding carboxylic acids is 1. The highest BCUT2D eigenvalue weighted by Gasteiger charge is 2.32. The summed E-state index contributed by atoms with van der Waals surface area (Å²) in [5, 5.41) is 4.41. The minimum Gasteiger partial charge on any atom is -0.480 e. The fourth-order valence-electron chi connectivity index (χ4n) is 3.99. The lowest BCUT2D eigenvalue weighted by Gasteiger charge is -2.33. The molecule has 2 aliphatic heterocycles. The van der Waals surface area contributed by atoms with Crippen LogP contribution in [0.5, 0.6) is 5.88 Å². The molecule has 0 radical (unpaired) electrons. The number of rotatable bonds is 4. The third kappa shape index (κ3) is 3.31. The fourth-order valence-corrected chi connectivity index (χ4v) is 3.99. The van der Waals surface area contributed by atoms with Crippen LogP contribution in [0.4, 0.5) is 0 Å². The number of aromatic nitrogens is 3. The van der Waals surface area contributed by atoms with Gasteiger partial charge in [-0.1, -0.05) is 0 Å². The molecular formula is C19H25N5O2. The maximum atomic E-state index is 13.4. The third-order valence-electron chi connectivity index (χ3n) is 5.38. The van der Waals surface area contributed by atoms with Gasteiger partial charge < -0.3 is 14.5 Å². The number of fused-ring (bicyclic) bond motifs is 1. The van der Waals surface area contributed by atoms with Gasteiger partial charge in [0.05, 0.1) is 19.3 Å². The highest BCUT2D eigenvalue weighted by molar-refractivity contribution is 5.96. The molecule has 2 aliphatic rings. The van der Waals surface area contributed by atoms with Crippen molar-refractivity contribution in [2.24, 2.45) is 0 Å². The van der Waals surface area contributed by atoms with Crippen molar-refractivity contribution >= 4 is 5.91 Å². The van der Waals surface area contributed by atoms with Crippen LogP contribution in [0.1, 0.15) is 35.3 Å². The van der Waals surface area contributed by atoms with Crippen LogP contribution in [0.2, 0.25) is 0 Å². The van der Waals surface area contributed by atoms with Crippen molar-refractivity contribution in [3.8, 4) is 5.88 Å². The number of likely N-dealkylation sites (tertiary alicyclic amines) is 1. The Kier molecular flexibility index (Phi) is 4.88. The Balaban J connectivity index is 1.64. The minimum absolute atomic E-state index is 0.0196. The van der Waals surface area contributed by atoms with Gasteiger partial charge in [-0.15, -0.1) is 0 Å². The van der Waals surface area contributed by atoms with Crippen LogP contribution in [0.3, 0.4) is 0 Å². The lowest BCUT2D eigenvalue weighted by atomic mass is 10.1. The zero-order valence-corrected chi connectivity index (χ0v) is 15.2. The van der Waals surface area contributed by atoms with Gasteiger partial charge in [0.1, 0.15) is 5.56 Å². The Morgan fingerprint density at radius 1 is 1.23 bits per heavy atom. The molecule has 7 nitrogen and oxygen atoms in total. The summed E-state index contributed by atoms with van der Waals surface area (Å²) in [5.74, 6) is 0.365. The normalized spacial score (nSPS) is 20.7. The van der Waals surface area contributed by atoms with Gasteiger partial charge >= 0.3 is 0 Å². The van der Waals surface area contributed by atoms with Gasteiger partial charge in [-0.3, -0.25) is 9.48 Å². The molecule has 4 heterocycles. The number of hydrogen-bond donors (Lipinski definition) is 0. The molecular weight excluding hydrogens is 330 g/mol. The van der Waals surface area contributed by atoms with Crippen molar-refractivity contribution in [2.45, 2.75) is 38.4 Å². The largest absolute Gasteiger partial charge is 0.480 e. The number of amides is 1. The van der Waals surface area contributed by atoms with Gasteiger partial charge in [-0.05, 0) is 50.6 Å². The zero-order valence-electron chi connectivity index (χ0n) is 15.2. The molecule has 4 rings (SSSR count). The van der Waals surface area contributed by atoms with Crippen molar-refractivity contribution in [3.05, 3.63) is 41.9 Å². The van der Waals surface area contributed by atoms with Crippen LogP contribution in [0, 0.1) is 0 Å². The Morgan fingerprint density at radius 2 is 2.08 bits per heavy atom. The molecule has 0 N–H and O–H groups in total. The summed E-state index contributed by atoms with van der Waals surface area (Å²) in [7, 11) is 1.55. The van der Waals surface area contributed by atoms with Crippen LogP contribution >= 0.6 is 0 Å². The van der Waals surface area contributed by atoms with E-state index in [9.17, 15) is 4.79 Å². The number of nitrogens with zero attached hydrogens (tertiary/aromatic N) is 5. The highest BCUT2D eigenvalue weighted by Crippen LogP contribution is 2.24. The fraction of sp³-hybridized carbons (Fsp3) is 0.526. The second-order valence-electron chi connectivity index (χ2n) is 6.99. The molecule has 2 aromatic heterocycles. The topological polar surface area (TPSA) is 63.5 Å². The van der Waals surface area contributed by atoms with Crippen molar-refractivity contribution in [2.75, 3.05) is 26.7 Å². The van der Waals surface area contributed by atoms with Crippen LogP contribution in [-0.4, -0.2) is 63.3 Å². The van der Waals surface area contributed by atoms with E-state index >= 15 is 0 Å². The van der Waals surface area contributed by atoms with Crippen molar-refractivity contribution in [1.29, 1.82) is 0 Å². The summed E-state index contributed by atoms with van der Waals surface area (Å²) in [5.41, 5.74) is 1.60. The van der Waals surface area contributed by atoms with Gasteiger partial charge in [-0.2, -0.15) is 5.10 Å². The number of aryl methyl sites for hydroxylation is 1. The van der Waals surface area contributed by atoms with E-state index in [-0.39, 0.29) is 11.9 Å². The van der Waals surface area contributed by atoms with E-state index in [0.29, 0.717) is 18.0 Å². The van der Waals surface area contributed by atoms with E-state index in [2.05, 4.69) is 15.0 Å². The Labute approximate surface area is 153 Å². The highest BCUT2D eigenvalue weighted by atomic mass is 16.5. The van der Waals surface area contributed by atoms with Crippen LogP contribution in [0.15, 0.2) is 30.6 Å². The van der Waals surface area contributed by atoms with Gasteiger partial charge in [0, 0.05) is 31.5 Å². The first-order valence-corrected chi connectivity index (χ1v) is 9.29. The second kappa shape index (κ2) is 7.45. The SMILES string of the molecule is COc1ncccc1C(=O)N1Cc2ccnn2CC[C@@H]1CN1CCCC1. The Bertz CT molecular complexity index is 769. The predicted octanol–water partition coefficient (Wildman–Crippen LogP) is 1.80. The van der Waals surface area contributed by atoms with Gasteiger partial charge in [-0.25, -0.2) is 4.98 Å². The second-order valence-corrected chi connectivity index (χ2v) is 6.99. The lowest BCUT2D eigenvalue weighted by molar-refractivity contribution is 0.0611. The van der Waals surface area contributed by atoms with Gasteiger partial charge in [0.15, 0.2) is 0 Å². The van der Waals surface area contributed by atoms with Gasteiger partial charge in [0.25, 0.3) is 5.91 Å². The average Bonchev–Trinajstić information content (AvgIpc) is 3.31. The molecule has 0 unspecified atom stereocenters. The zero-order chi connectivity index (χ0) is 17.9. The number of pyridine rings is 1. The van der Waals surface area contributed by atoms with E-state index in [1.54, 1.807) is 25.4 Å². The first-order valence-electron chi connectivity index (χ1n) is 9.29. The molecule has 0 bridgehead atoms. The minimum atomic E-state index is -0.0196. The first-order chi connectivity index (χ1) is 12.8. The maximum absolute atomic E-state index is 13.4. The molecule has 138 valence electrons. The molecule has 1 atom stereocenters. The molecule has 0 aliphatic carbocycles. The van der Waals surface area contributed by atoms with Gasteiger partial charge in [0.2, 0.25) is 5.88 Å². The molecule has 7 heteroatoms. The van der Waals surface area contributed by atoms with E-state index in [1.807, 2.05) is 21.8 Å². The quantitative estimate of drug-likeness (QED) is 0.837. The molecule has 0 saturated carbocycles. The lowest BCUT2D eigenvalue weighted by Crippen LogP contribution is -2.45. The van der Waals surface area contributed by atoms with E-state index in [0.717, 1.165) is 38.3 Å². The summed E-state index contributed by atoms with van der Waals surface area (Å²) < 4.78 is 7.34. The monoisotopic (exact) mass is 355 g/mol. The molecule has 1 saturated heterocycles. The Hall–Kier alpha value is -2.41. The molecule has 1 amide bonds. The molecule has 2 aromatic rings. The van der Waals surface area contributed by atoms with E-state index < -0.39 is 0 Å². The van der Waals surface area contributed by atoms with E-state index in [4.69, 9.17) is 4.74 Å².